The van der Waals surface area contributed by atoms with E-state index in [0.29, 0.717) is 5.46 Å². The van der Waals surface area contributed by atoms with E-state index in [4.69, 9.17) is 11.5 Å². The third kappa shape index (κ3) is 4.02. The Labute approximate surface area is 84.8 Å². The van der Waals surface area contributed by atoms with Crippen molar-refractivity contribution < 1.29 is 17.8 Å². The molecular weight excluding hydrogens is 215 g/mol. The van der Waals surface area contributed by atoms with Gasteiger partial charge in [0.15, 0.2) is 0 Å². The number of alkyl halides is 3. The zero-order chi connectivity index (χ0) is 10.6. The molecule has 1 aromatic rings. The maximum absolute atomic E-state index is 11.7. The Hall–Kier alpha value is -0.675. The Kier molecular flexibility index (Phi) is 3.83. The van der Waals surface area contributed by atoms with E-state index < -0.39 is 19.1 Å². The summed E-state index contributed by atoms with van der Waals surface area (Å²) < 4.78 is 39.7. The number of hydrogen-bond acceptors (Lipinski definition) is 1. The van der Waals surface area contributed by atoms with E-state index in [1.54, 1.807) is 30.3 Å². The van der Waals surface area contributed by atoms with Crippen LogP contribution in [0.15, 0.2) is 30.3 Å². The third-order valence-electron chi connectivity index (χ3n) is 1.45. The van der Waals surface area contributed by atoms with Gasteiger partial charge in [0.1, 0.15) is 6.61 Å². The van der Waals surface area contributed by atoms with Crippen LogP contribution in [0.2, 0.25) is 0 Å². The molecule has 0 spiro atoms. The second-order valence-electron chi connectivity index (χ2n) is 2.65. The highest BCUT2D eigenvalue weighted by molar-refractivity contribution is 7.10. The van der Waals surface area contributed by atoms with Gasteiger partial charge in [0, 0.05) is 0 Å². The van der Waals surface area contributed by atoms with Crippen LogP contribution in [0.25, 0.3) is 0 Å². The predicted octanol–water partition coefficient (Wildman–Crippen LogP) is 2.20. The highest BCUT2D eigenvalue weighted by Gasteiger charge is 2.30. The van der Waals surface area contributed by atoms with E-state index in [9.17, 15) is 13.2 Å². The van der Waals surface area contributed by atoms with Crippen LogP contribution in [0, 0.1) is 0 Å². The van der Waals surface area contributed by atoms with Crippen molar-refractivity contribution in [3.05, 3.63) is 30.3 Å². The monoisotopic (exact) mass is 222 g/mol. The Balaban J connectivity index is 2.48. The zero-order valence-corrected chi connectivity index (χ0v) is 7.85. The highest BCUT2D eigenvalue weighted by atomic mass is 35.5. The molecule has 0 aliphatic carbocycles. The van der Waals surface area contributed by atoms with Crippen LogP contribution in [-0.4, -0.2) is 19.1 Å². The Morgan fingerprint density at radius 1 is 1.21 bits per heavy atom. The second kappa shape index (κ2) is 4.71. The van der Waals surface area contributed by atoms with Crippen molar-refractivity contribution in [1.29, 1.82) is 0 Å². The summed E-state index contributed by atoms with van der Waals surface area (Å²) in [5, 5.41) is 0. The lowest BCUT2D eigenvalue weighted by Crippen LogP contribution is -2.32. The Morgan fingerprint density at radius 3 is 2.29 bits per heavy atom. The molecule has 0 amide bonds. The lowest BCUT2D eigenvalue weighted by molar-refractivity contribution is -0.153. The van der Waals surface area contributed by atoms with Gasteiger partial charge in [-0.2, -0.15) is 13.2 Å². The van der Waals surface area contributed by atoms with Gasteiger partial charge in [-0.3, -0.25) is 0 Å². The molecule has 0 aliphatic heterocycles. The van der Waals surface area contributed by atoms with Crippen LogP contribution in [0.4, 0.5) is 13.2 Å². The molecule has 0 fully saturated rings. The highest BCUT2D eigenvalue weighted by Crippen LogP contribution is 2.15. The fraction of sp³-hybridized carbons (Fsp3) is 0.250. The fourth-order valence-electron chi connectivity index (χ4n) is 0.868. The smallest absolute Gasteiger partial charge is 0.409 e. The normalized spacial score (nSPS) is 11.4. The molecule has 0 aliphatic rings. The standard InChI is InChI=1S/C8H7BClF3O/c10-9(14-6-8(11,12)13)7-4-2-1-3-5-7/h1-5H,6H2. The second-order valence-corrected chi connectivity index (χ2v) is 3.05. The van der Waals surface area contributed by atoms with Gasteiger partial charge in [-0.05, 0) is 5.46 Å². The Morgan fingerprint density at radius 2 is 1.79 bits per heavy atom. The van der Waals surface area contributed by atoms with Crippen molar-refractivity contribution in [3.63, 3.8) is 0 Å². The van der Waals surface area contributed by atoms with Gasteiger partial charge in [-0.25, -0.2) is 0 Å². The molecule has 0 unspecified atom stereocenters. The first-order chi connectivity index (χ1) is 6.49. The molecule has 1 rings (SSSR count). The Bertz CT molecular complexity index is 278. The topological polar surface area (TPSA) is 9.23 Å². The van der Waals surface area contributed by atoms with Crippen molar-refractivity contribution in [2.75, 3.05) is 6.61 Å². The molecular formula is C8H7BClF3O. The van der Waals surface area contributed by atoms with E-state index in [1.165, 1.54) is 0 Å². The molecule has 14 heavy (non-hydrogen) atoms. The number of benzene rings is 1. The first-order valence-corrected chi connectivity index (χ1v) is 4.30. The van der Waals surface area contributed by atoms with Crippen LogP contribution in [0.5, 0.6) is 0 Å². The van der Waals surface area contributed by atoms with E-state index in [-0.39, 0.29) is 0 Å². The molecule has 0 heterocycles. The molecule has 0 N–H and O–H groups in total. The molecule has 0 saturated heterocycles. The summed E-state index contributed by atoms with van der Waals surface area (Å²) >= 11 is 5.59. The molecule has 0 bridgehead atoms. The molecule has 0 atom stereocenters. The average Bonchev–Trinajstić information content (AvgIpc) is 2.14. The van der Waals surface area contributed by atoms with Gasteiger partial charge >= 0.3 is 12.5 Å². The maximum atomic E-state index is 11.7. The lowest BCUT2D eigenvalue weighted by atomic mass is 9.86. The maximum Gasteiger partial charge on any atom is 0.434 e. The first-order valence-electron chi connectivity index (χ1n) is 3.86. The lowest BCUT2D eigenvalue weighted by Gasteiger charge is -2.10. The minimum atomic E-state index is -4.35. The third-order valence-corrected chi connectivity index (χ3v) is 1.83. The molecule has 1 aromatic carbocycles. The van der Waals surface area contributed by atoms with Crippen molar-refractivity contribution in [3.8, 4) is 0 Å². The molecule has 0 aromatic heterocycles. The van der Waals surface area contributed by atoms with Gasteiger partial charge < -0.3 is 4.65 Å². The molecule has 0 radical (unpaired) electrons. The minimum Gasteiger partial charge on any atom is -0.409 e. The molecule has 76 valence electrons. The summed E-state index contributed by atoms with van der Waals surface area (Å²) in [7, 11) is 0. The fourth-order valence-corrected chi connectivity index (χ4v) is 1.08. The zero-order valence-electron chi connectivity index (χ0n) is 7.09. The summed E-state index contributed by atoms with van der Waals surface area (Å²) in [6.07, 6.45) is -5.40. The van der Waals surface area contributed by atoms with Crippen molar-refractivity contribution in [1.82, 2.24) is 0 Å². The summed E-state index contributed by atoms with van der Waals surface area (Å²) in [6.45, 7) is -1.34. The molecule has 6 heteroatoms. The number of rotatable bonds is 3. The molecule has 0 saturated carbocycles. The number of halogens is 4. The summed E-state index contributed by atoms with van der Waals surface area (Å²) in [5.74, 6) is 0. The average molecular weight is 222 g/mol. The van der Waals surface area contributed by atoms with Gasteiger partial charge in [-0.1, -0.05) is 30.3 Å². The SMILES string of the molecule is FC(F)(F)COB(Cl)c1ccccc1. The quantitative estimate of drug-likeness (QED) is 0.713. The minimum absolute atomic E-state index is 0.512. The van der Waals surface area contributed by atoms with Crippen LogP contribution < -0.4 is 5.46 Å². The van der Waals surface area contributed by atoms with Crippen molar-refractivity contribution >= 4 is 23.3 Å². The van der Waals surface area contributed by atoms with E-state index >= 15 is 0 Å². The van der Waals surface area contributed by atoms with Crippen molar-refractivity contribution in [2.45, 2.75) is 6.18 Å². The number of hydrogen-bond donors (Lipinski definition) is 0. The summed E-state index contributed by atoms with van der Waals surface area (Å²) in [4.78, 5) is 0. The summed E-state index contributed by atoms with van der Waals surface area (Å²) in [5.41, 5.74) is 0.512. The largest absolute Gasteiger partial charge is 0.434 e. The first kappa shape index (κ1) is 11.4. The van der Waals surface area contributed by atoms with E-state index in [1.807, 2.05) is 0 Å². The van der Waals surface area contributed by atoms with E-state index in [2.05, 4.69) is 4.65 Å². The van der Waals surface area contributed by atoms with Gasteiger partial charge in [-0.15, -0.1) is 11.5 Å². The van der Waals surface area contributed by atoms with Crippen LogP contribution in [0.3, 0.4) is 0 Å². The van der Waals surface area contributed by atoms with Crippen molar-refractivity contribution in [2.24, 2.45) is 0 Å². The van der Waals surface area contributed by atoms with Crippen LogP contribution in [0.1, 0.15) is 0 Å². The molecule has 1 nitrogen and oxygen atoms in total. The van der Waals surface area contributed by atoms with Gasteiger partial charge in [0.05, 0.1) is 0 Å². The van der Waals surface area contributed by atoms with Crippen LogP contribution in [-0.2, 0) is 4.65 Å². The van der Waals surface area contributed by atoms with Gasteiger partial charge in [0.2, 0.25) is 0 Å². The van der Waals surface area contributed by atoms with Crippen LogP contribution >= 0.6 is 11.5 Å². The van der Waals surface area contributed by atoms with Gasteiger partial charge in [0.25, 0.3) is 0 Å². The summed E-state index contributed by atoms with van der Waals surface area (Å²) in [6, 6.07) is 8.32. The predicted molar refractivity (Wildman–Crippen MR) is 49.7 cm³/mol. The van der Waals surface area contributed by atoms with E-state index in [0.717, 1.165) is 0 Å².